The maximum Gasteiger partial charge on any atom is 0.376 e. The van der Waals surface area contributed by atoms with E-state index in [1.54, 1.807) is 6.92 Å². The number of nitrogens with zero attached hydrogens (tertiary/aromatic N) is 1. The minimum Gasteiger partial charge on any atom is -0.460 e. The summed E-state index contributed by atoms with van der Waals surface area (Å²) in [5.41, 5.74) is 1.48. The zero-order valence-corrected chi connectivity index (χ0v) is 13.9. The molecule has 5 heteroatoms. The number of oxazole rings is 1. The van der Waals surface area contributed by atoms with E-state index in [1.165, 1.54) is 0 Å². The lowest BCUT2D eigenvalue weighted by Gasteiger charge is -2.02. The lowest BCUT2D eigenvalue weighted by Crippen LogP contribution is -2.08. The van der Waals surface area contributed by atoms with Crippen molar-refractivity contribution in [3.05, 3.63) is 40.2 Å². The monoisotopic (exact) mass is 351 g/mol. The van der Waals surface area contributed by atoms with Crippen LogP contribution in [0.4, 0.5) is 0 Å². The second kappa shape index (κ2) is 6.89. The van der Waals surface area contributed by atoms with Gasteiger partial charge in [-0.3, -0.25) is 0 Å². The summed E-state index contributed by atoms with van der Waals surface area (Å²) in [5, 5.41) is 0. The van der Waals surface area contributed by atoms with E-state index >= 15 is 0 Å². The molecule has 1 heterocycles. The molecule has 0 aliphatic heterocycles. The molecule has 0 saturated carbocycles. The molecule has 0 unspecified atom stereocenters. The number of benzene rings is 1. The first-order valence-corrected chi connectivity index (χ1v) is 7.73. The van der Waals surface area contributed by atoms with Gasteiger partial charge in [0.2, 0.25) is 11.7 Å². The third-order valence-electron chi connectivity index (χ3n) is 2.83. The molecular weight excluding hydrogens is 334 g/mol. The molecule has 0 saturated heterocycles. The average molecular weight is 352 g/mol. The Morgan fingerprint density at radius 3 is 2.81 bits per heavy atom. The molecule has 4 nitrogen and oxygen atoms in total. The summed E-state index contributed by atoms with van der Waals surface area (Å²) >= 11 is 3.42. The number of carbonyl (C=O) groups is 1. The Morgan fingerprint density at radius 1 is 1.43 bits per heavy atom. The van der Waals surface area contributed by atoms with Crippen molar-refractivity contribution in [1.29, 1.82) is 0 Å². The lowest BCUT2D eigenvalue weighted by atomic mass is 10.1. The maximum absolute atomic E-state index is 12.0. The van der Waals surface area contributed by atoms with Crippen molar-refractivity contribution in [3.8, 4) is 11.5 Å². The second-order valence-corrected chi connectivity index (χ2v) is 6.04. The Balaban J connectivity index is 2.42. The first kappa shape index (κ1) is 15.8. The minimum atomic E-state index is -0.457. The highest BCUT2D eigenvalue weighted by Gasteiger charge is 2.22. The van der Waals surface area contributed by atoms with Gasteiger partial charge in [0.05, 0.1) is 12.3 Å². The molecule has 0 bridgehead atoms. The number of rotatable bonds is 5. The standard InChI is InChI=1S/C16H18BrNO3/c1-4-20-16(19)14-13(8-10(2)3)18-15(21-14)11-6-5-7-12(17)9-11/h5-7,9-10H,4,8H2,1-3H3. The Hall–Kier alpha value is -1.62. The molecule has 2 aromatic rings. The minimum absolute atomic E-state index is 0.209. The molecule has 0 radical (unpaired) electrons. The van der Waals surface area contributed by atoms with Gasteiger partial charge >= 0.3 is 5.97 Å². The number of hydrogen-bond acceptors (Lipinski definition) is 4. The van der Waals surface area contributed by atoms with Crippen LogP contribution in [-0.2, 0) is 11.2 Å². The van der Waals surface area contributed by atoms with Gasteiger partial charge in [0, 0.05) is 10.0 Å². The molecule has 112 valence electrons. The summed E-state index contributed by atoms with van der Waals surface area (Å²) in [7, 11) is 0. The highest BCUT2D eigenvalue weighted by Crippen LogP contribution is 2.26. The molecule has 2 rings (SSSR count). The molecule has 0 aliphatic carbocycles. The molecule has 0 N–H and O–H groups in total. The number of ether oxygens (including phenoxy) is 1. The van der Waals surface area contributed by atoms with Crippen molar-refractivity contribution in [3.63, 3.8) is 0 Å². The van der Waals surface area contributed by atoms with Crippen molar-refractivity contribution in [2.75, 3.05) is 6.61 Å². The second-order valence-electron chi connectivity index (χ2n) is 5.12. The predicted octanol–water partition coefficient (Wildman–Crippen LogP) is 4.48. The molecule has 0 aliphatic rings. The quantitative estimate of drug-likeness (QED) is 0.745. The van der Waals surface area contributed by atoms with Crippen LogP contribution >= 0.6 is 15.9 Å². The van der Waals surface area contributed by atoms with Crippen molar-refractivity contribution >= 4 is 21.9 Å². The summed E-state index contributed by atoms with van der Waals surface area (Å²) in [6.07, 6.45) is 0.672. The molecule has 0 amide bonds. The highest BCUT2D eigenvalue weighted by molar-refractivity contribution is 9.10. The summed E-state index contributed by atoms with van der Waals surface area (Å²) in [6, 6.07) is 7.62. The third-order valence-corrected chi connectivity index (χ3v) is 3.32. The lowest BCUT2D eigenvalue weighted by molar-refractivity contribution is 0.0489. The van der Waals surface area contributed by atoms with E-state index in [2.05, 4.69) is 34.8 Å². The van der Waals surface area contributed by atoms with Crippen LogP contribution in [0.15, 0.2) is 33.2 Å². The Morgan fingerprint density at radius 2 is 2.19 bits per heavy atom. The maximum atomic E-state index is 12.0. The molecule has 1 aromatic carbocycles. The Bertz CT molecular complexity index is 634. The zero-order chi connectivity index (χ0) is 15.4. The van der Waals surface area contributed by atoms with Crippen LogP contribution in [0.1, 0.15) is 37.0 Å². The van der Waals surface area contributed by atoms with E-state index in [9.17, 15) is 4.79 Å². The molecule has 0 atom stereocenters. The van der Waals surface area contributed by atoms with Crippen LogP contribution in [0.5, 0.6) is 0 Å². The van der Waals surface area contributed by atoms with Crippen molar-refractivity contribution < 1.29 is 13.9 Å². The fourth-order valence-electron chi connectivity index (χ4n) is 1.98. The number of aromatic nitrogens is 1. The van der Waals surface area contributed by atoms with Gasteiger partial charge in [-0.05, 0) is 37.5 Å². The largest absolute Gasteiger partial charge is 0.460 e. The zero-order valence-electron chi connectivity index (χ0n) is 12.4. The van der Waals surface area contributed by atoms with Crippen LogP contribution in [-0.4, -0.2) is 17.6 Å². The first-order chi connectivity index (χ1) is 10.0. The van der Waals surface area contributed by atoms with Crippen LogP contribution in [0.2, 0.25) is 0 Å². The highest BCUT2D eigenvalue weighted by atomic mass is 79.9. The molecule has 21 heavy (non-hydrogen) atoms. The van der Waals surface area contributed by atoms with Crippen molar-refractivity contribution in [2.45, 2.75) is 27.2 Å². The van der Waals surface area contributed by atoms with Crippen LogP contribution < -0.4 is 0 Å². The topological polar surface area (TPSA) is 52.3 Å². The summed E-state index contributed by atoms with van der Waals surface area (Å²) < 4.78 is 11.6. The van der Waals surface area contributed by atoms with E-state index in [0.29, 0.717) is 30.5 Å². The van der Waals surface area contributed by atoms with E-state index in [4.69, 9.17) is 9.15 Å². The van der Waals surface area contributed by atoms with Crippen LogP contribution in [0.25, 0.3) is 11.5 Å². The summed E-state index contributed by atoms with van der Waals surface area (Å²) in [4.78, 5) is 16.5. The van der Waals surface area contributed by atoms with Gasteiger partial charge < -0.3 is 9.15 Å². The Kier molecular flexibility index (Phi) is 5.17. The number of hydrogen-bond donors (Lipinski definition) is 0. The predicted molar refractivity (Wildman–Crippen MR) is 84.1 cm³/mol. The summed E-state index contributed by atoms with van der Waals surface area (Å²) in [6.45, 7) is 6.23. The number of esters is 1. The molecule has 0 spiro atoms. The summed E-state index contributed by atoms with van der Waals surface area (Å²) in [5.74, 6) is 0.566. The molecule has 1 aromatic heterocycles. The van der Waals surface area contributed by atoms with Crippen molar-refractivity contribution in [1.82, 2.24) is 4.98 Å². The van der Waals surface area contributed by atoms with E-state index < -0.39 is 5.97 Å². The first-order valence-electron chi connectivity index (χ1n) is 6.94. The number of carbonyl (C=O) groups excluding carboxylic acids is 1. The van der Waals surface area contributed by atoms with Crippen molar-refractivity contribution in [2.24, 2.45) is 5.92 Å². The average Bonchev–Trinajstić information content (AvgIpc) is 2.82. The fraction of sp³-hybridized carbons (Fsp3) is 0.375. The van der Waals surface area contributed by atoms with Crippen LogP contribution in [0.3, 0.4) is 0 Å². The van der Waals surface area contributed by atoms with Gasteiger partial charge in [0.15, 0.2) is 0 Å². The van der Waals surface area contributed by atoms with E-state index in [1.807, 2.05) is 24.3 Å². The van der Waals surface area contributed by atoms with Gasteiger partial charge in [-0.25, -0.2) is 9.78 Å². The Labute approximate surface area is 132 Å². The molecule has 0 fully saturated rings. The van der Waals surface area contributed by atoms with Crippen LogP contribution in [0, 0.1) is 5.92 Å². The smallest absolute Gasteiger partial charge is 0.376 e. The fourth-order valence-corrected chi connectivity index (χ4v) is 2.38. The van der Waals surface area contributed by atoms with Gasteiger partial charge in [0.1, 0.15) is 0 Å². The number of halogens is 1. The van der Waals surface area contributed by atoms with Gasteiger partial charge in [-0.1, -0.05) is 35.8 Å². The SMILES string of the molecule is CCOC(=O)c1oc(-c2cccc(Br)c2)nc1CC(C)C. The normalized spacial score (nSPS) is 10.9. The third kappa shape index (κ3) is 3.94. The van der Waals surface area contributed by atoms with Gasteiger partial charge in [-0.2, -0.15) is 0 Å². The van der Waals surface area contributed by atoms with E-state index in [-0.39, 0.29) is 5.76 Å². The van der Waals surface area contributed by atoms with Gasteiger partial charge in [0.25, 0.3) is 0 Å². The molecular formula is C16H18BrNO3. The van der Waals surface area contributed by atoms with Gasteiger partial charge in [-0.15, -0.1) is 0 Å². The van der Waals surface area contributed by atoms with E-state index in [0.717, 1.165) is 10.0 Å².